The maximum Gasteiger partial charge on any atom is 0.274 e. The molecule has 0 radical (unpaired) electrons. The summed E-state index contributed by atoms with van der Waals surface area (Å²) in [6, 6.07) is 10.8. The highest BCUT2D eigenvalue weighted by Gasteiger charge is 2.32. The molecule has 4 rings (SSSR count). The molecule has 0 atom stereocenters. The summed E-state index contributed by atoms with van der Waals surface area (Å²) in [6.45, 7) is 0.659. The van der Waals surface area contributed by atoms with E-state index in [1.165, 1.54) is 22.5 Å². The van der Waals surface area contributed by atoms with E-state index in [4.69, 9.17) is 0 Å². The lowest BCUT2D eigenvalue weighted by Crippen LogP contribution is -2.50. The lowest BCUT2D eigenvalue weighted by Gasteiger charge is -2.33. The van der Waals surface area contributed by atoms with Crippen LogP contribution < -0.4 is 0 Å². The first-order valence-corrected chi connectivity index (χ1v) is 9.88. The minimum Gasteiger partial charge on any atom is -0.335 e. The third kappa shape index (κ3) is 3.19. The van der Waals surface area contributed by atoms with E-state index in [0.29, 0.717) is 11.3 Å². The molecule has 1 amide bonds. The van der Waals surface area contributed by atoms with Crippen molar-refractivity contribution in [2.45, 2.75) is 4.90 Å². The van der Waals surface area contributed by atoms with Crippen molar-refractivity contribution in [1.82, 2.24) is 18.6 Å². The van der Waals surface area contributed by atoms with Crippen molar-refractivity contribution in [3.05, 3.63) is 66.4 Å². The molecule has 0 unspecified atom stereocenters. The zero-order chi connectivity index (χ0) is 19.0. The van der Waals surface area contributed by atoms with Crippen LogP contribution in [0, 0.1) is 5.82 Å². The molecule has 27 heavy (non-hydrogen) atoms. The van der Waals surface area contributed by atoms with Gasteiger partial charge >= 0.3 is 0 Å². The van der Waals surface area contributed by atoms with Gasteiger partial charge in [-0.2, -0.15) is 4.31 Å². The van der Waals surface area contributed by atoms with Crippen molar-refractivity contribution in [2.75, 3.05) is 26.2 Å². The average Bonchev–Trinajstić information content (AvgIpc) is 3.12. The molecule has 1 aliphatic heterocycles. The van der Waals surface area contributed by atoms with Gasteiger partial charge in [0.2, 0.25) is 10.0 Å². The average molecular weight is 388 g/mol. The number of hydrogen-bond donors (Lipinski definition) is 0. The summed E-state index contributed by atoms with van der Waals surface area (Å²) >= 11 is 0. The van der Waals surface area contributed by atoms with E-state index in [9.17, 15) is 17.6 Å². The number of piperazine rings is 1. The van der Waals surface area contributed by atoms with Gasteiger partial charge < -0.3 is 9.30 Å². The van der Waals surface area contributed by atoms with Crippen LogP contribution in [0.2, 0.25) is 0 Å². The highest BCUT2D eigenvalue weighted by Crippen LogP contribution is 2.21. The third-order valence-corrected chi connectivity index (χ3v) is 6.50. The molecule has 1 aliphatic rings. The molecule has 3 aromatic rings. The second-order valence-corrected chi connectivity index (χ2v) is 8.13. The molecule has 0 saturated carbocycles. The summed E-state index contributed by atoms with van der Waals surface area (Å²) in [5, 5.41) is 0. The van der Waals surface area contributed by atoms with E-state index in [1.807, 2.05) is 12.1 Å². The molecule has 7 nitrogen and oxygen atoms in total. The molecule has 1 saturated heterocycles. The Balaban J connectivity index is 1.48. The smallest absolute Gasteiger partial charge is 0.274 e. The number of carbonyl (C=O) groups is 1. The van der Waals surface area contributed by atoms with Crippen molar-refractivity contribution in [3.8, 4) is 0 Å². The van der Waals surface area contributed by atoms with E-state index < -0.39 is 15.8 Å². The second-order valence-electron chi connectivity index (χ2n) is 6.22. The Hall–Kier alpha value is -2.78. The van der Waals surface area contributed by atoms with E-state index >= 15 is 0 Å². The van der Waals surface area contributed by atoms with E-state index in [2.05, 4.69) is 4.98 Å². The molecule has 0 spiro atoms. The molecule has 1 aromatic carbocycles. The quantitative estimate of drug-likeness (QED) is 0.683. The van der Waals surface area contributed by atoms with Crippen molar-refractivity contribution >= 4 is 21.6 Å². The van der Waals surface area contributed by atoms with Crippen LogP contribution in [0.15, 0.2) is 59.8 Å². The standard InChI is InChI=1S/C18H17FN4O3S/c19-14-5-1-2-6-16(14)27(25,26)23-11-9-21(10-12-23)18(24)15-13-22-8-4-3-7-17(22)20-15/h1-8,13H,9-12H2. The lowest BCUT2D eigenvalue weighted by molar-refractivity contribution is 0.0692. The minimum absolute atomic E-state index is 0.107. The molecule has 2 aromatic heterocycles. The first kappa shape index (κ1) is 17.6. The SMILES string of the molecule is O=C(c1cn2ccccc2n1)N1CCN(S(=O)(=O)c2ccccc2F)CC1. The largest absolute Gasteiger partial charge is 0.335 e. The highest BCUT2D eigenvalue weighted by molar-refractivity contribution is 7.89. The zero-order valence-electron chi connectivity index (χ0n) is 14.3. The van der Waals surface area contributed by atoms with Gasteiger partial charge in [-0.3, -0.25) is 4.79 Å². The number of nitrogens with zero attached hydrogens (tertiary/aromatic N) is 4. The number of aromatic nitrogens is 2. The molecular formula is C18H17FN4O3S. The van der Waals surface area contributed by atoms with Gasteiger partial charge in [-0.1, -0.05) is 18.2 Å². The number of pyridine rings is 1. The van der Waals surface area contributed by atoms with Gasteiger partial charge in [0.1, 0.15) is 22.1 Å². The van der Waals surface area contributed by atoms with Crippen LogP contribution in [-0.2, 0) is 10.0 Å². The molecule has 140 valence electrons. The zero-order valence-corrected chi connectivity index (χ0v) is 15.1. The Morgan fingerprint density at radius 2 is 1.70 bits per heavy atom. The number of rotatable bonds is 3. The number of benzene rings is 1. The first-order chi connectivity index (χ1) is 13.0. The number of hydrogen-bond acceptors (Lipinski definition) is 4. The second kappa shape index (κ2) is 6.75. The van der Waals surface area contributed by atoms with Gasteiger partial charge in [-0.15, -0.1) is 0 Å². The first-order valence-electron chi connectivity index (χ1n) is 8.44. The fourth-order valence-corrected chi connectivity index (χ4v) is 4.61. The number of imidazole rings is 1. The van der Waals surface area contributed by atoms with Crippen LogP contribution >= 0.6 is 0 Å². The summed E-state index contributed by atoms with van der Waals surface area (Å²) < 4.78 is 42.1. The van der Waals surface area contributed by atoms with Gasteiger partial charge in [0, 0.05) is 38.6 Å². The van der Waals surface area contributed by atoms with Crippen molar-refractivity contribution in [3.63, 3.8) is 0 Å². The Kier molecular flexibility index (Phi) is 4.40. The van der Waals surface area contributed by atoms with Gasteiger partial charge in [-0.25, -0.2) is 17.8 Å². The molecule has 0 aliphatic carbocycles. The number of carbonyl (C=O) groups excluding carboxylic acids is 1. The number of fused-ring (bicyclic) bond motifs is 1. The normalized spacial score (nSPS) is 16.0. The van der Waals surface area contributed by atoms with Crippen molar-refractivity contribution in [2.24, 2.45) is 0 Å². The van der Waals surface area contributed by atoms with E-state index in [0.717, 1.165) is 6.07 Å². The Labute approximate surface area is 155 Å². The van der Waals surface area contributed by atoms with Gasteiger partial charge in [0.05, 0.1) is 0 Å². The monoisotopic (exact) mass is 388 g/mol. The van der Waals surface area contributed by atoms with Crippen LogP contribution in [0.1, 0.15) is 10.5 Å². The summed E-state index contributed by atoms with van der Waals surface area (Å²) in [7, 11) is -3.93. The number of amides is 1. The lowest BCUT2D eigenvalue weighted by atomic mass is 10.3. The summed E-state index contributed by atoms with van der Waals surface area (Å²) in [4.78, 5) is 18.2. The molecule has 0 N–H and O–H groups in total. The van der Waals surface area contributed by atoms with Crippen LogP contribution in [0.5, 0.6) is 0 Å². The van der Waals surface area contributed by atoms with Gasteiger partial charge in [0.15, 0.2) is 0 Å². The molecule has 1 fully saturated rings. The van der Waals surface area contributed by atoms with Crippen molar-refractivity contribution in [1.29, 1.82) is 0 Å². The predicted molar refractivity (Wildman–Crippen MR) is 96.3 cm³/mol. The third-order valence-electron chi connectivity index (χ3n) is 4.56. The summed E-state index contributed by atoms with van der Waals surface area (Å²) in [5.41, 5.74) is 0.980. The molecule has 0 bridgehead atoms. The Morgan fingerprint density at radius 3 is 2.41 bits per heavy atom. The van der Waals surface area contributed by atoms with Gasteiger partial charge in [0.25, 0.3) is 5.91 Å². The van der Waals surface area contributed by atoms with E-state index in [-0.39, 0.29) is 37.0 Å². The van der Waals surface area contributed by atoms with Gasteiger partial charge in [-0.05, 0) is 24.3 Å². The molecular weight excluding hydrogens is 371 g/mol. The fraction of sp³-hybridized carbons (Fsp3) is 0.222. The van der Waals surface area contributed by atoms with Crippen LogP contribution in [0.25, 0.3) is 5.65 Å². The van der Waals surface area contributed by atoms with Crippen LogP contribution in [0.3, 0.4) is 0 Å². The minimum atomic E-state index is -3.93. The Bertz CT molecular complexity index is 1070. The maximum atomic E-state index is 13.9. The number of sulfonamides is 1. The maximum absolute atomic E-state index is 13.9. The van der Waals surface area contributed by atoms with E-state index in [1.54, 1.807) is 27.8 Å². The summed E-state index contributed by atoms with van der Waals surface area (Å²) in [5.74, 6) is -1.03. The number of halogens is 1. The molecule has 3 heterocycles. The Morgan fingerprint density at radius 1 is 1.00 bits per heavy atom. The highest BCUT2D eigenvalue weighted by atomic mass is 32.2. The molecule has 9 heteroatoms. The predicted octanol–water partition coefficient (Wildman–Crippen LogP) is 1.62. The topological polar surface area (TPSA) is 75.0 Å². The summed E-state index contributed by atoms with van der Waals surface area (Å²) in [6.07, 6.45) is 3.46. The van der Waals surface area contributed by atoms with Crippen LogP contribution in [-0.4, -0.2) is 59.1 Å². The fourth-order valence-electron chi connectivity index (χ4n) is 3.12. The van der Waals surface area contributed by atoms with Crippen LogP contribution in [0.4, 0.5) is 4.39 Å². The van der Waals surface area contributed by atoms with Crippen molar-refractivity contribution < 1.29 is 17.6 Å².